The maximum absolute atomic E-state index is 12.4. The maximum atomic E-state index is 12.4. The molecule has 1 saturated heterocycles. The Bertz CT molecular complexity index is 855. The van der Waals surface area contributed by atoms with E-state index < -0.39 is 34.1 Å². The van der Waals surface area contributed by atoms with Crippen molar-refractivity contribution in [3.8, 4) is 0 Å². The molecular formula is C20H34N6O5S. The van der Waals surface area contributed by atoms with Gasteiger partial charge in [0, 0.05) is 36.0 Å². The molecular weight excluding hydrogens is 436 g/mol. The highest BCUT2D eigenvalue weighted by Gasteiger charge is 2.40. The average Bonchev–Trinajstić information content (AvgIpc) is 2.73. The van der Waals surface area contributed by atoms with Gasteiger partial charge in [0.25, 0.3) is 0 Å². The van der Waals surface area contributed by atoms with Crippen LogP contribution >= 0.6 is 0 Å². The summed E-state index contributed by atoms with van der Waals surface area (Å²) in [7, 11) is -3.38. The highest BCUT2D eigenvalue weighted by molar-refractivity contribution is 7.89. The zero-order chi connectivity index (χ0) is 23.7. The molecule has 0 unspecified atom stereocenters. The van der Waals surface area contributed by atoms with Crippen molar-refractivity contribution in [2.45, 2.75) is 77.0 Å². The number of carbonyl (C=O) groups is 2. The third kappa shape index (κ3) is 7.47. The van der Waals surface area contributed by atoms with E-state index >= 15 is 0 Å². The summed E-state index contributed by atoms with van der Waals surface area (Å²) < 4.78 is 32.7. The molecule has 180 valence electrons. The molecule has 0 saturated carbocycles. The molecule has 0 radical (unpaired) electrons. The van der Waals surface area contributed by atoms with Crippen LogP contribution in [0.3, 0.4) is 0 Å². The monoisotopic (exact) mass is 470 g/mol. The van der Waals surface area contributed by atoms with Gasteiger partial charge in [0.05, 0.1) is 24.4 Å². The molecule has 0 aromatic heterocycles. The molecule has 2 N–H and O–H groups in total. The minimum Gasteiger partial charge on any atom is -0.463 e. The van der Waals surface area contributed by atoms with Crippen LogP contribution in [0.5, 0.6) is 0 Å². The lowest BCUT2D eigenvalue weighted by atomic mass is 9.85. The number of nitrogens with one attached hydrogen (secondary N) is 2. The lowest BCUT2D eigenvalue weighted by molar-refractivity contribution is -0.138. The Morgan fingerprint density at radius 1 is 1.38 bits per heavy atom. The largest absolute Gasteiger partial charge is 0.463 e. The summed E-state index contributed by atoms with van der Waals surface area (Å²) in [5.41, 5.74) is 9.45. The molecule has 2 aliphatic rings. The van der Waals surface area contributed by atoms with Crippen molar-refractivity contribution < 1.29 is 22.7 Å². The number of hydrogen-bond donors (Lipinski definition) is 2. The van der Waals surface area contributed by atoms with Crippen molar-refractivity contribution >= 4 is 21.9 Å². The molecule has 0 bridgehead atoms. The predicted octanol–water partition coefficient (Wildman–Crippen LogP) is 1.62. The molecule has 1 aliphatic carbocycles. The number of sulfonamides is 1. The number of amides is 1. The standard InChI is InChI=1S/C20H34N6O5S/c1-4-6-10-32(29,30)24-16-8-7-9-26(13-16)18-12-15(20(28)31-5-2)11-17(23-25-21)19(18)22-14(3)27/h12,16-19,24H,4-11,13H2,1-3H3,(H,22,27)/t16-,17+,18-,19+/m1/s1. The van der Waals surface area contributed by atoms with Gasteiger partial charge in [-0.3, -0.25) is 9.69 Å². The summed E-state index contributed by atoms with van der Waals surface area (Å²) in [5, 5.41) is 6.71. The second-order valence-corrected chi connectivity index (χ2v) is 10.1. The van der Waals surface area contributed by atoms with E-state index in [2.05, 4.69) is 20.1 Å². The summed E-state index contributed by atoms with van der Waals surface area (Å²) >= 11 is 0. The van der Waals surface area contributed by atoms with Crippen LogP contribution in [0, 0.1) is 0 Å². The summed E-state index contributed by atoms with van der Waals surface area (Å²) in [6.07, 6.45) is 4.76. The molecule has 12 heteroatoms. The van der Waals surface area contributed by atoms with E-state index in [1.807, 2.05) is 11.8 Å². The molecule has 0 aromatic rings. The lowest BCUT2D eigenvalue weighted by Gasteiger charge is -2.44. The SMILES string of the molecule is CCCCS(=O)(=O)N[C@@H]1CCCN([C@@H]2C=C(C(=O)OCC)C[C@H](N=[N+]=[N-])[C@@H]2NC(C)=O)C1. The van der Waals surface area contributed by atoms with Crippen LogP contribution in [0.1, 0.15) is 52.9 Å². The van der Waals surface area contributed by atoms with Crippen molar-refractivity contribution in [2.75, 3.05) is 25.4 Å². The number of ether oxygens (including phenoxy) is 1. The molecule has 1 fully saturated rings. The number of hydrogen-bond acceptors (Lipinski definition) is 7. The first-order valence-electron chi connectivity index (χ1n) is 11.1. The van der Waals surface area contributed by atoms with Crippen LogP contribution in [0.25, 0.3) is 10.4 Å². The number of carbonyl (C=O) groups excluding carboxylic acids is 2. The fourth-order valence-electron chi connectivity index (χ4n) is 4.28. The summed E-state index contributed by atoms with van der Waals surface area (Å²) in [5.74, 6) is -0.671. The quantitative estimate of drug-likeness (QED) is 0.214. The van der Waals surface area contributed by atoms with E-state index in [0.29, 0.717) is 31.5 Å². The third-order valence-corrected chi connectivity index (χ3v) is 7.20. The highest BCUT2D eigenvalue weighted by atomic mass is 32.2. The molecule has 2 rings (SSSR count). The van der Waals surface area contributed by atoms with E-state index in [-0.39, 0.29) is 30.7 Å². The normalized spacial score (nSPS) is 26.5. The minimum absolute atomic E-state index is 0.0871. The van der Waals surface area contributed by atoms with Crippen LogP contribution < -0.4 is 10.0 Å². The van der Waals surface area contributed by atoms with E-state index in [1.54, 1.807) is 13.0 Å². The Morgan fingerprint density at radius 2 is 2.12 bits per heavy atom. The van der Waals surface area contributed by atoms with E-state index in [4.69, 9.17) is 10.3 Å². The second kappa shape index (κ2) is 12.2. The second-order valence-electron chi connectivity index (χ2n) is 8.23. The number of nitrogens with zero attached hydrogens (tertiary/aromatic N) is 4. The Labute approximate surface area is 189 Å². The van der Waals surface area contributed by atoms with Crippen LogP contribution in [0.15, 0.2) is 16.8 Å². The topological polar surface area (TPSA) is 154 Å². The van der Waals surface area contributed by atoms with Gasteiger partial charge in [-0.05, 0) is 44.7 Å². The Balaban J connectivity index is 2.30. The number of likely N-dealkylation sites (tertiary alicyclic amines) is 1. The number of piperidine rings is 1. The van der Waals surface area contributed by atoms with Crippen molar-refractivity contribution in [1.29, 1.82) is 0 Å². The first kappa shape index (κ1) is 26.1. The summed E-state index contributed by atoms with van der Waals surface area (Å²) in [4.78, 5) is 29.3. The van der Waals surface area contributed by atoms with E-state index in [1.165, 1.54) is 6.92 Å². The van der Waals surface area contributed by atoms with Gasteiger partial charge in [0.2, 0.25) is 15.9 Å². The van der Waals surface area contributed by atoms with Crippen LogP contribution in [0.4, 0.5) is 0 Å². The lowest BCUT2D eigenvalue weighted by Crippen LogP contribution is -2.61. The molecule has 0 spiro atoms. The summed E-state index contributed by atoms with van der Waals surface area (Å²) in [6, 6.07) is -1.93. The smallest absolute Gasteiger partial charge is 0.333 e. The Morgan fingerprint density at radius 3 is 2.75 bits per heavy atom. The molecule has 11 nitrogen and oxygen atoms in total. The zero-order valence-corrected chi connectivity index (χ0v) is 19.8. The molecule has 1 heterocycles. The van der Waals surface area contributed by atoms with Crippen LogP contribution in [-0.2, 0) is 24.3 Å². The van der Waals surface area contributed by atoms with Crippen LogP contribution in [-0.4, -0.2) is 74.8 Å². The average molecular weight is 471 g/mol. The summed E-state index contributed by atoms with van der Waals surface area (Å²) in [6.45, 7) is 6.33. The fourth-order valence-corrected chi connectivity index (χ4v) is 5.77. The minimum atomic E-state index is -3.38. The fraction of sp³-hybridized carbons (Fsp3) is 0.800. The highest BCUT2D eigenvalue weighted by Crippen LogP contribution is 2.28. The van der Waals surface area contributed by atoms with Gasteiger partial charge >= 0.3 is 5.97 Å². The van der Waals surface area contributed by atoms with Gasteiger partial charge < -0.3 is 10.1 Å². The number of azide groups is 1. The van der Waals surface area contributed by atoms with Crippen molar-refractivity contribution in [2.24, 2.45) is 5.11 Å². The molecule has 1 aliphatic heterocycles. The zero-order valence-electron chi connectivity index (χ0n) is 19.0. The van der Waals surface area contributed by atoms with Crippen molar-refractivity contribution in [1.82, 2.24) is 14.9 Å². The third-order valence-electron chi connectivity index (χ3n) is 5.68. The molecule has 1 amide bonds. The first-order chi connectivity index (χ1) is 15.2. The predicted molar refractivity (Wildman–Crippen MR) is 120 cm³/mol. The van der Waals surface area contributed by atoms with Gasteiger partial charge in [-0.2, -0.15) is 0 Å². The number of esters is 1. The number of unbranched alkanes of at least 4 members (excludes halogenated alkanes) is 1. The van der Waals surface area contributed by atoms with Gasteiger partial charge in [-0.1, -0.05) is 24.5 Å². The van der Waals surface area contributed by atoms with Crippen molar-refractivity contribution in [3.05, 3.63) is 22.1 Å². The van der Waals surface area contributed by atoms with Gasteiger partial charge in [0.1, 0.15) is 0 Å². The Kier molecular flexibility index (Phi) is 9.95. The Hall–Kier alpha value is -2.14. The van der Waals surface area contributed by atoms with Crippen LogP contribution in [0.2, 0.25) is 0 Å². The first-order valence-corrected chi connectivity index (χ1v) is 12.8. The van der Waals surface area contributed by atoms with Gasteiger partial charge in [-0.15, -0.1) is 0 Å². The van der Waals surface area contributed by atoms with E-state index in [0.717, 1.165) is 12.8 Å². The molecule has 32 heavy (non-hydrogen) atoms. The molecule has 4 atom stereocenters. The number of rotatable bonds is 10. The van der Waals surface area contributed by atoms with Gasteiger partial charge in [-0.25, -0.2) is 17.9 Å². The van der Waals surface area contributed by atoms with Gasteiger partial charge in [0.15, 0.2) is 0 Å². The molecule has 0 aromatic carbocycles. The van der Waals surface area contributed by atoms with E-state index in [9.17, 15) is 18.0 Å². The maximum Gasteiger partial charge on any atom is 0.333 e. The van der Waals surface area contributed by atoms with Crippen molar-refractivity contribution in [3.63, 3.8) is 0 Å².